The van der Waals surface area contributed by atoms with Crippen molar-refractivity contribution in [2.24, 2.45) is 0 Å². The fraction of sp³-hybridized carbons (Fsp3) is 0.889. The molecule has 0 aliphatic rings. The smallest absolute Gasteiger partial charge is 0.0956 e. The molecule has 0 fully saturated rings. The lowest BCUT2D eigenvalue weighted by Gasteiger charge is -2.23. The quantitative estimate of drug-likeness (QED) is 0.675. The van der Waals surface area contributed by atoms with Crippen LogP contribution in [0.15, 0.2) is 0 Å². The summed E-state index contributed by atoms with van der Waals surface area (Å²) in [6.45, 7) is 8.32. The topological polar surface area (TPSA) is 35.8 Å². The molecule has 0 aromatic carbocycles. The lowest BCUT2D eigenvalue weighted by molar-refractivity contribution is 0.383. The molecule has 2 heteroatoms. The maximum Gasteiger partial charge on any atom is 0.0956 e. The third-order valence-electron chi connectivity index (χ3n) is 1.34. The van der Waals surface area contributed by atoms with Gasteiger partial charge in [0.25, 0.3) is 0 Å². The Bertz CT molecular complexity index is 139. The molecule has 11 heavy (non-hydrogen) atoms. The molecule has 0 bridgehead atoms. The Kier molecular flexibility index (Phi) is 4.14. The van der Waals surface area contributed by atoms with Crippen LogP contribution in [0.2, 0.25) is 0 Å². The molecule has 0 heterocycles. The van der Waals surface area contributed by atoms with Gasteiger partial charge in [0.05, 0.1) is 12.1 Å². The minimum atomic E-state index is 0.0139. The van der Waals surface area contributed by atoms with Crippen LogP contribution in [0, 0.1) is 11.3 Å². The fourth-order valence-electron chi connectivity index (χ4n) is 0.980. The van der Waals surface area contributed by atoms with E-state index in [4.69, 9.17) is 5.26 Å². The van der Waals surface area contributed by atoms with E-state index in [0.717, 1.165) is 12.8 Å². The van der Waals surface area contributed by atoms with Crippen LogP contribution >= 0.6 is 0 Å². The van der Waals surface area contributed by atoms with Crippen LogP contribution in [-0.2, 0) is 0 Å². The Hall–Kier alpha value is -0.550. The van der Waals surface area contributed by atoms with Gasteiger partial charge in [-0.25, -0.2) is 0 Å². The lowest BCUT2D eigenvalue weighted by Crippen LogP contribution is -2.42. The number of nitrogens with zero attached hydrogens (tertiary/aromatic N) is 1. The molecule has 64 valence electrons. The summed E-state index contributed by atoms with van der Waals surface area (Å²) in [5, 5.41) is 12.0. The monoisotopic (exact) mass is 154 g/mol. The van der Waals surface area contributed by atoms with E-state index < -0.39 is 0 Å². The van der Waals surface area contributed by atoms with E-state index >= 15 is 0 Å². The Morgan fingerprint density at radius 1 is 1.45 bits per heavy atom. The molecule has 0 aromatic rings. The molecule has 2 nitrogen and oxygen atoms in total. The molecular formula is C9H18N2. The van der Waals surface area contributed by atoms with E-state index in [1.165, 1.54) is 0 Å². The van der Waals surface area contributed by atoms with E-state index in [9.17, 15) is 0 Å². The Balaban J connectivity index is 3.81. The van der Waals surface area contributed by atoms with Gasteiger partial charge in [0, 0.05) is 5.54 Å². The van der Waals surface area contributed by atoms with Crippen molar-refractivity contribution < 1.29 is 0 Å². The zero-order valence-electron chi connectivity index (χ0n) is 7.94. The van der Waals surface area contributed by atoms with Crippen LogP contribution in [0.5, 0.6) is 0 Å². The van der Waals surface area contributed by atoms with Gasteiger partial charge in [-0.05, 0) is 27.2 Å². The van der Waals surface area contributed by atoms with Gasteiger partial charge in [-0.3, -0.25) is 5.32 Å². The van der Waals surface area contributed by atoms with Crippen molar-refractivity contribution in [2.45, 2.75) is 52.1 Å². The third-order valence-corrected chi connectivity index (χ3v) is 1.34. The average molecular weight is 154 g/mol. The molecule has 0 aliphatic carbocycles. The minimum absolute atomic E-state index is 0.0139. The van der Waals surface area contributed by atoms with Gasteiger partial charge in [0.1, 0.15) is 0 Å². The highest BCUT2D eigenvalue weighted by molar-refractivity contribution is 4.93. The second kappa shape index (κ2) is 4.35. The predicted molar refractivity (Wildman–Crippen MR) is 47.2 cm³/mol. The lowest BCUT2D eigenvalue weighted by atomic mass is 10.1. The standard InChI is InChI=1S/C9H18N2/c1-5-6-8(7-10)11-9(2,3)4/h8,11H,5-6H2,1-4H3. The second-order valence-corrected chi connectivity index (χ2v) is 3.86. The Morgan fingerprint density at radius 2 is 2.00 bits per heavy atom. The maximum absolute atomic E-state index is 8.71. The summed E-state index contributed by atoms with van der Waals surface area (Å²) in [7, 11) is 0. The van der Waals surface area contributed by atoms with Crippen LogP contribution < -0.4 is 5.32 Å². The summed E-state index contributed by atoms with van der Waals surface area (Å²) in [4.78, 5) is 0. The Labute approximate surface area is 69.6 Å². The summed E-state index contributed by atoms with van der Waals surface area (Å²) in [6, 6.07) is 2.26. The molecule has 0 aliphatic heterocycles. The van der Waals surface area contributed by atoms with Gasteiger partial charge in [0.2, 0.25) is 0 Å². The van der Waals surface area contributed by atoms with Gasteiger partial charge < -0.3 is 0 Å². The average Bonchev–Trinajstić information content (AvgIpc) is 1.84. The van der Waals surface area contributed by atoms with Crippen molar-refractivity contribution in [1.29, 1.82) is 5.26 Å². The SMILES string of the molecule is CCCC(C#N)NC(C)(C)C. The van der Waals surface area contributed by atoms with Gasteiger partial charge in [-0.1, -0.05) is 13.3 Å². The number of nitriles is 1. The fourth-order valence-corrected chi connectivity index (χ4v) is 0.980. The van der Waals surface area contributed by atoms with E-state index in [-0.39, 0.29) is 11.6 Å². The molecule has 1 unspecified atom stereocenters. The highest BCUT2D eigenvalue weighted by Crippen LogP contribution is 2.04. The van der Waals surface area contributed by atoms with Gasteiger partial charge in [0.15, 0.2) is 0 Å². The zero-order valence-corrected chi connectivity index (χ0v) is 7.94. The highest BCUT2D eigenvalue weighted by atomic mass is 15.0. The molecule has 0 saturated heterocycles. The maximum atomic E-state index is 8.71. The molecule has 1 atom stereocenters. The minimum Gasteiger partial charge on any atom is -0.297 e. The van der Waals surface area contributed by atoms with Crippen LogP contribution in [0.1, 0.15) is 40.5 Å². The van der Waals surface area contributed by atoms with Crippen molar-refractivity contribution in [3.05, 3.63) is 0 Å². The molecule has 0 amide bonds. The first-order valence-electron chi connectivity index (χ1n) is 4.17. The first-order chi connectivity index (χ1) is 4.99. The zero-order chi connectivity index (χ0) is 8.91. The molecule has 0 saturated carbocycles. The third kappa shape index (κ3) is 5.87. The van der Waals surface area contributed by atoms with Crippen molar-refractivity contribution in [3.8, 4) is 6.07 Å². The molecule has 0 rings (SSSR count). The van der Waals surface area contributed by atoms with Crippen LogP contribution in [0.3, 0.4) is 0 Å². The van der Waals surface area contributed by atoms with E-state index in [0.29, 0.717) is 0 Å². The summed E-state index contributed by atoms with van der Waals surface area (Å²) in [5.74, 6) is 0. The van der Waals surface area contributed by atoms with Crippen LogP contribution in [0.25, 0.3) is 0 Å². The summed E-state index contributed by atoms with van der Waals surface area (Å²) in [5.41, 5.74) is 0.0512. The van der Waals surface area contributed by atoms with E-state index in [1.54, 1.807) is 0 Å². The molecule has 0 radical (unpaired) electrons. The number of hydrogen-bond donors (Lipinski definition) is 1. The molecule has 0 spiro atoms. The van der Waals surface area contributed by atoms with Gasteiger partial charge in [-0.2, -0.15) is 5.26 Å². The number of nitrogens with one attached hydrogen (secondary N) is 1. The van der Waals surface area contributed by atoms with Gasteiger partial charge in [-0.15, -0.1) is 0 Å². The molecule has 1 N–H and O–H groups in total. The summed E-state index contributed by atoms with van der Waals surface area (Å²) < 4.78 is 0. The normalized spacial score (nSPS) is 14.1. The molecule has 0 aromatic heterocycles. The number of rotatable bonds is 3. The van der Waals surface area contributed by atoms with Crippen molar-refractivity contribution in [3.63, 3.8) is 0 Å². The Morgan fingerprint density at radius 3 is 2.27 bits per heavy atom. The van der Waals surface area contributed by atoms with Crippen molar-refractivity contribution in [1.82, 2.24) is 5.32 Å². The molecular weight excluding hydrogens is 136 g/mol. The number of hydrogen-bond acceptors (Lipinski definition) is 2. The van der Waals surface area contributed by atoms with Crippen LogP contribution in [-0.4, -0.2) is 11.6 Å². The highest BCUT2D eigenvalue weighted by Gasteiger charge is 2.15. The first-order valence-corrected chi connectivity index (χ1v) is 4.17. The predicted octanol–water partition coefficient (Wildman–Crippen LogP) is 2.07. The summed E-state index contributed by atoms with van der Waals surface area (Å²) >= 11 is 0. The summed E-state index contributed by atoms with van der Waals surface area (Å²) in [6.07, 6.45) is 2.00. The van der Waals surface area contributed by atoms with Gasteiger partial charge >= 0.3 is 0 Å². The van der Waals surface area contributed by atoms with E-state index in [1.807, 2.05) is 0 Å². The van der Waals surface area contributed by atoms with E-state index in [2.05, 4.69) is 39.1 Å². The van der Waals surface area contributed by atoms with Crippen molar-refractivity contribution in [2.75, 3.05) is 0 Å². The largest absolute Gasteiger partial charge is 0.297 e. The van der Waals surface area contributed by atoms with Crippen molar-refractivity contribution >= 4 is 0 Å². The van der Waals surface area contributed by atoms with Crippen LogP contribution in [0.4, 0.5) is 0 Å². The second-order valence-electron chi connectivity index (χ2n) is 3.86. The first kappa shape index (κ1) is 10.4.